The van der Waals surface area contributed by atoms with E-state index in [0.29, 0.717) is 6.04 Å². The van der Waals surface area contributed by atoms with Crippen LogP contribution in [-0.4, -0.2) is 8.80 Å². The molecule has 0 heterocycles. The zero-order valence-corrected chi connectivity index (χ0v) is 10.9. The van der Waals surface area contributed by atoms with Gasteiger partial charge < -0.3 is 13.3 Å². The van der Waals surface area contributed by atoms with Crippen LogP contribution in [0.4, 0.5) is 0 Å². The largest absolute Gasteiger partial charge is 0.697 e. The van der Waals surface area contributed by atoms with E-state index in [0.717, 1.165) is 0 Å². The Hall–Kier alpha value is -1.16. The molecule has 0 N–H and O–H groups in total. The van der Waals surface area contributed by atoms with Crippen molar-refractivity contribution >= 4 is 8.80 Å². The molecule has 0 saturated carbocycles. The van der Waals surface area contributed by atoms with Crippen LogP contribution in [0.2, 0.25) is 6.04 Å². The molecule has 0 amide bonds. The summed E-state index contributed by atoms with van der Waals surface area (Å²) in [4.78, 5) is 0. The molecule has 3 nitrogen and oxygen atoms in total. The fourth-order valence-corrected chi connectivity index (χ4v) is 2.55. The maximum Gasteiger partial charge on any atom is 0.697 e. The van der Waals surface area contributed by atoms with Gasteiger partial charge in [-0.15, -0.1) is 0 Å². The van der Waals surface area contributed by atoms with Crippen molar-refractivity contribution < 1.29 is 13.3 Å². The topological polar surface area (TPSA) is 27.7 Å². The van der Waals surface area contributed by atoms with Crippen molar-refractivity contribution in [2.75, 3.05) is 0 Å². The van der Waals surface area contributed by atoms with Gasteiger partial charge in [-0.05, 0) is 20.8 Å². The van der Waals surface area contributed by atoms with Gasteiger partial charge in [-0.25, -0.2) is 0 Å². The van der Waals surface area contributed by atoms with Gasteiger partial charge in [-0.3, -0.25) is 0 Å². The second-order valence-corrected chi connectivity index (χ2v) is 5.58. The predicted molar refractivity (Wildman–Crippen MR) is 63.9 cm³/mol. The van der Waals surface area contributed by atoms with Crippen LogP contribution in [0.5, 0.6) is 0 Å². The maximum absolute atomic E-state index is 5.54. The maximum atomic E-state index is 5.54. The molecule has 0 bridgehead atoms. The summed E-state index contributed by atoms with van der Waals surface area (Å²) in [5.74, 6) is 0. The highest BCUT2D eigenvalue weighted by Gasteiger charge is 2.43. The van der Waals surface area contributed by atoms with Crippen LogP contribution < -0.4 is 0 Å². The summed E-state index contributed by atoms with van der Waals surface area (Å²) in [6, 6.07) is 0.714. The molecule has 0 atom stereocenters. The van der Waals surface area contributed by atoms with Gasteiger partial charge in [0.1, 0.15) is 0 Å². The van der Waals surface area contributed by atoms with Crippen molar-refractivity contribution in [3.05, 3.63) is 37.0 Å². The van der Waals surface area contributed by atoms with E-state index in [1.165, 1.54) is 0 Å². The molecule has 0 saturated heterocycles. The van der Waals surface area contributed by atoms with Crippen LogP contribution in [0.3, 0.4) is 0 Å². The van der Waals surface area contributed by atoms with Crippen LogP contribution in [0.25, 0.3) is 0 Å². The second-order valence-electron chi connectivity index (χ2n) is 2.80. The molecule has 4 heteroatoms. The minimum absolute atomic E-state index is 0.714. The van der Waals surface area contributed by atoms with Gasteiger partial charge in [0.05, 0.1) is 24.8 Å². The highest BCUT2D eigenvalue weighted by atomic mass is 28.4. The molecule has 0 aromatic heterocycles. The van der Waals surface area contributed by atoms with E-state index in [9.17, 15) is 0 Å². The molecule has 0 spiro atoms. The Bertz CT molecular complexity index is 198. The highest BCUT2D eigenvalue weighted by molar-refractivity contribution is 6.61. The first-order valence-electron chi connectivity index (χ1n) is 5.11. The molecule has 0 unspecified atom stereocenters. The lowest BCUT2D eigenvalue weighted by atomic mass is 10.7. The van der Waals surface area contributed by atoms with E-state index in [2.05, 4.69) is 0 Å². The van der Waals surface area contributed by atoms with Crippen molar-refractivity contribution in [2.45, 2.75) is 33.7 Å². The Morgan fingerprint density at radius 2 is 1.13 bits per heavy atom. The van der Waals surface area contributed by atoms with Crippen LogP contribution in [-0.2, 0) is 13.3 Å². The molecular weight excluding hydrogens is 208 g/mol. The Morgan fingerprint density at radius 1 is 0.800 bits per heavy atom. The minimum atomic E-state index is -2.59. The van der Waals surface area contributed by atoms with E-state index in [-0.39, 0.29) is 0 Å². The lowest BCUT2D eigenvalue weighted by Gasteiger charge is -2.24. The summed E-state index contributed by atoms with van der Waals surface area (Å²) in [7, 11) is -2.59. The highest BCUT2D eigenvalue weighted by Crippen LogP contribution is 2.16. The molecule has 0 aromatic carbocycles. The minimum Gasteiger partial charge on any atom is -0.490 e. The average Bonchev–Trinajstić information content (AvgIpc) is 2.29. The van der Waals surface area contributed by atoms with Crippen molar-refractivity contribution in [2.24, 2.45) is 0 Å². The summed E-state index contributed by atoms with van der Waals surface area (Å²) < 4.78 is 16.6. The SMILES string of the molecule is CC=CO[Si](CC)(OC=CC)OC=CC. The van der Waals surface area contributed by atoms with Crippen LogP contribution >= 0.6 is 0 Å². The molecule has 0 aliphatic carbocycles. The van der Waals surface area contributed by atoms with Crippen LogP contribution in [0, 0.1) is 0 Å². The Morgan fingerprint density at radius 3 is 1.33 bits per heavy atom. The van der Waals surface area contributed by atoms with Gasteiger partial charge in [-0.1, -0.05) is 25.2 Å². The third kappa shape index (κ3) is 5.32. The van der Waals surface area contributed by atoms with E-state index >= 15 is 0 Å². The second kappa shape index (κ2) is 8.17. The van der Waals surface area contributed by atoms with Crippen molar-refractivity contribution in [3.8, 4) is 0 Å². The first kappa shape index (κ1) is 13.8. The molecule has 0 aliphatic rings. The zero-order valence-electron chi connectivity index (χ0n) is 9.90. The molecule has 0 fully saturated rings. The Balaban J connectivity index is 4.57. The smallest absolute Gasteiger partial charge is 0.490 e. The molecule has 0 rings (SSSR count). The van der Waals surface area contributed by atoms with E-state index in [1.807, 2.05) is 45.9 Å². The van der Waals surface area contributed by atoms with E-state index < -0.39 is 8.80 Å². The first-order chi connectivity index (χ1) is 7.24. The van der Waals surface area contributed by atoms with E-state index in [4.69, 9.17) is 13.3 Å². The predicted octanol–water partition coefficient (Wildman–Crippen LogP) is 3.60. The standard InChI is InChI=1S/C11H20O3Si/c1-5-9-12-15(8-4,13-10-6-2)14-11-7-3/h5-7,9-11H,8H2,1-4H3. The third-order valence-electron chi connectivity index (χ3n) is 1.58. The van der Waals surface area contributed by atoms with Gasteiger partial charge in [0.2, 0.25) is 0 Å². The quantitative estimate of drug-likeness (QED) is 0.492. The lowest BCUT2D eigenvalue weighted by molar-refractivity contribution is 0.181. The summed E-state index contributed by atoms with van der Waals surface area (Å²) >= 11 is 0. The summed E-state index contributed by atoms with van der Waals surface area (Å²) in [5.41, 5.74) is 0. The average molecular weight is 228 g/mol. The molecule has 15 heavy (non-hydrogen) atoms. The number of rotatable bonds is 7. The van der Waals surface area contributed by atoms with Crippen molar-refractivity contribution in [1.82, 2.24) is 0 Å². The zero-order chi connectivity index (χ0) is 11.6. The molecule has 0 radical (unpaired) electrons. The molecule has 0 aromatic rings. The van der Waals surface area contributed by atoms with Crippen molar-refractivity contribution in [1.29, 1.82) is 0 Å². The Kier molecular flexibility index (Phi) is 7.54. The first-order valence-corrected chi connectivity index (χ1v) is 7.04. The number of allylic oxidation sites excluding steroid dienone is 3. The van der Waals surface area contributed by atoms with Gasteiger partial charge in [0.25, 0.3) is 0 Å². The number of hydrogen-bond donors (Lipinski definition) is 0. The molecular formula is C11H20O3Si. The summed E-state index contributed by atoms with van der Waals surface area (Å²) in [6.45, 7) is 7.66. The monoisotopic (exact) mass is 228 g/mol. The van der Waals surface area contributed by atoms with E-state index in [1.54, 1.807) is 18.8 Å². The van der Waals surface area contributed by atoms with Crippen LogP contribution in [0.1, 0.15) is 27.7 Å². The fourth-order valence-electron chi connectivity index (χ4n) is 0.848. The summed E-state index contributed by atoms with van der Waals surface area (Å²) in [5, 5.41) is 0. The van der Waals surface area contributed by atoms with Crippen LogP contribution in [0.15, 0.2) is 37.0 Å². The van der Waals surface area contributed by atoms with Gasteiger partial charge in [-0.2, -0.15) is 0 Å². The number of hydrogen-bond acceptors (Lipinski definition) is 3. The molecule has 0 aliphatic heterocycles. The molecule has 86 valence electrons. The fraction of sp³-hybridized carbons (Fsp3) is 0.455. The third-order valence-corrected chi connectivity index (χ3v) is 3.94. The Labute approximate surface area is 93.4 Å². The van der Waals surface area contributed by atoms with Gasteiger partial charge in [0, 0.05) is 0 Å². The summed E-state index contributed by atoms with van der Waals surface area (Å²) in [6.07, 6.45) is 10.3. The van der Waals surface area contributed by atoms with Gasteiger partial charge >= 0.3 is 8.80 Å². The van der Waals surface area contributed by atoms with Gasteiger partial charge in [0.15, 0.2) is 0 Å². The van der Waals surface area contributed by atoms with Crippen molar-refractivity contribution in [3.63, 3.8) is 0 Å². The normalized spacial score (nSPS) is 16.0. The lowest BCUT2D eigenvalue weighted by Crippen LogP contribution is -2.40.